The van der Waals surface area contributed by atoms with Crippen LogP contribution in [0.25, 0.3) is 0 Å². The molecule has 3 nitrogen and oxygen atoms in total. The summed E-state index contributed by atoms with van der Waals surface area (Å²) in [4.78, 5) is 7.28. The van der Waals surface area contributed by atoms with E-state index in [9.17, 15) is 0 Å². The molecule has 2 N–H and O–H groups in total. The highest BCUT2D eigenvalue weighted by atomic mass is 15.4. The summed E-state index contributed by atoms with van der Waals surface area (Å²) in [6.07, 6.45) is 10.7. The number of nitrogens with zero attached hydrogens (tertiary/aromatic N) is 2. The van der Waals surface area contributed by atoms with Gasteiger partial charge in [-0.25, -0.2) is 0 Å². The Morgan fingerprint density at radius 2 is 1.80 bits per heavy atom. The molecular weight excluding hydrogens is 246 g/mol. The first kappa shape index (κ1) is 14.2. The van der Waals surface area contributed by atoms with Crippen molar-refractivity contribution in [2.24, 2.45) is 22.1 Å². The van der Waals surface area contributed by atoms with Crippen molar-refractivity contribution in [1.82, 2.24) is 4.90 Å². The number of rotatable bonds is 1. The molecule has 0 saturated heterocycles. The Balaban J connectivity index is 1.88. The van der Waals surface area contributed by atoms with Crippen LogP contribution in [0.3, 0.4) is 0 Å². The molecule has 0 aromatic carbocycles. The van der Waals surface area contributed by atoms with E-state index in [4.69, 9.17) is 10.7 Å². The van der Waals surface area contributed by atoms with Crippen molar-refractivity contribution >= 4 is 5.96 Å². The van der Waals surface area contributed by atoms with Gasteiger partial charge in [0.25, 0.3) is 0 Å². The van der Waals surface area contributed by atoms with E-state index in [2.05, 4.69) is 25.7 Å². The third kappa shape index (κ3) is 2.23. The Labute approximate surface area is 124 Å². The van der Waals surface area contributed by atoms with E-state index in [0.29, 0.717) is 17.4 Å². The van der Waals surface area contributed by atoms with Crippen molar-refractivity contribution < 1.29 is 0 Å². The lowest BCUT2D eigenvalue weighted by molar-refractivity contribution is 0.0984. The third-order valence-electron chi connectivity index (χ3n) is 5.99. The van der Waals surface area contributed by atoms with Gasteiger partial charge < -0.3 is 10.6 Å². The highest BCUT2D eigenvalue weighted by molar-refractivity contribution is 5.81. The number of nitrogens with two attached hydrogens (primary N) is 1. The zero-order chi connectivity index (χ0) is 14.4. The van der Waals surface area contributed by atoms with E-state index in [0.717, 1.165) is 12.5 Å². The molecule has 2 atom stereocenters. The van der Waals surface area contributed by atoms with Crippen LogP contribution in [0.2, 0.25) is 0 Å². The second kappa shape index (κ2) is 4.92. The van der Waals surface area contributed by atoms with E-state index in [1.807, 2.05) is 0 Å². The average molecular weight is 277 g/mol. The van der Waals surface area contributed by atoms with Crippen LogP contribution in [0.5, 0.6) is 0 Å². The fourth-order valence-electron chi connectivity index (χ4n) is 5.29. The Hall–Kier alpha value is -0.730. The minimum atomic E-state index is 0.225. The fraction of sp³-hybridized carbons (Fsp3) is 0.941. The molecule has 1 heterocycles. The molecule has 2 fully saturated rings. The molecule has 0 bridgehead atoms. The topological polar surface area (TPSA) is 41.6 Å². The normalized spacial score (nSPS) is 38.2. The number of hydrogen-bond acceptors (Lipinski definition) is 3. The van der Waals surface area contributed by atoms with Crippen molar-refractivity contribution in [3.05, 3.63) is 0 Å². The molecule has 0 amide bonds. The van der Waals surface area contributed by atoms with Crippen molar-refractivity contribution in [3.63, 3.8) is 0 Å². The van der Waals surface area contributed by atoms with Crippen molar-refractivity contribution in [3.8, 4) is 0 Å². The predicted octanol–water partition coefficient (Wildman–Crippen LogP) is 3.53. The van der Waals surface area contributed by atoms with Crippen LogP contribution < -0.4 is 5.73 Å². The lowest BCUT2D eigenvalue weighted by Crippen LogP contribution is -2.57. The largest absolute Gasteiger partial charge is 0.370 e. The molecule has 3 heteroatoms. The highest BCUT2D eigenvalue weighted by Crippen LogP contribution is 2.53. The highest BCUT2D eigenvalue weighted by Gasteiger charge is 2.56. The molecule has 1 spiro atoms. The van der Waals surface area contributed by atoms with E-state index < -0.39 is 0 Å². The molecule has 20 heavy (non-hydrogen) atoms. The van der Waals surface area contributed by atoms with Crippen molar-refractivity contribution in [2.75, 3.05) is 6.54 Å². The maximum atomic E-state index is 6.34. The Bertz CT molecular complexity index is 393. The Kier molecular flexibility index (Phi) is 3.50. The minimum Gasteiger partial charge on any atom is -0.370 e. The summed E-state index contributed by atoms with van der Waals surface area (Å²) in [6, 6.07) is 0.639. The molecule has 3 rings (SSSR count). The van der Waals surface area contributed by atoms with E-state index in [-0.39, 0.29) is 5.54 Å². The first-order chi connectivity index (χ1) is 9.45. The van der Waals surface area contributed by atoms with Crippen LogP contribution in [-0.2, 0) is 0 Å². The molecule has 1 aliphatic heterocycles. The first-order valence-corrected chi connectivity index (χ1v) is 8.54. The summed E-state index contributed by atoms with van der Waals surface area (Å²) in [5.41, 5.74) is 7.00. The first-order valence-electron chi connectivity index (χ1n) is 8.54. The van der Waals surface area contributed by atoms with Gasteiger partial charge in [-0.2, -0.15) is 0 Å². The Morgan fingerprint density at radius 3 is 2.35 bits per heavy atom. The van der Waals surface area contributed by atoms with Gasteiger partial charge in [-0.3, -0.25) is 4.99 Å². The molecular formula is C17H31N3. The molecule has 0 aromatic rings. The number of hydrogen-bond donors (Lipinski definition) is 1. The van der Waals surface area contributed by atoms with Gasteiger partial charge in [0.2, 0.25) is 0 Å². The minimum absolute atomic E-state index is 0.225. The maximum absolute atomic E-state index is 6.34. The smallest absolute Gasteiger partial charge is 0.192 e. The third-order valence-corrected chi connectivity index (χ3v) is 5.99. The van der Waals surface area contributed by atoms with Gasteiger partial charge in [0.05, 0.1) is 12.1 Å². The summed E-state index contributed by atoms with van der Waals surface area (Å²) in [5.74, 6) is 1.53. The van der Waals surface area contributed by atoms with Crippen LogP contribution in [0, 0.1) is 11.3 Å². The zero-order valence-electron chi connectivity index (χ0n) is 13.5. The van der Waals surface area contributed by atoms with Crippen LogP contribution in [-0.4, -0.2) is 29.0 Å². The van der Waals surface area contributed by atoms with Gasteiger partial charge in [0.15, 0.2) is 5.96 Å². The fourth-order valence-corrected chi connectivity index (χ4v) is 5.29. The van der Waals surface area contributed by atoms with Gasteiger partial charge in [0, 0.05) is 6.04 Å². The standard InChI is InChI=1S/C17H31N3/c1-13-10-16(2,3)11-17(13)12-19-15(18)20(17)14-8-6-4-5-7-9-14/h13-14H,4-12H2,1-3H3,(H2,18,19). The lowest BCUT2D eigenvalue weighted by Gasteiger charge is -2.45. The summed E-state index contributed by atoms with van der Waals surface area (Å²) in [5, 5.41) is 0. The zero-order valence-corrected chi connectivity index (χ0v) is 13.5. The van der Waals surface area contributed by atoms with Crippen LogP contribution in [0.4, 0.5) is 0 Å². The van der Waals surface area contributed by atoms with Gasteiger partial charge in [-0.1, -0.05) is 46.5 Å². The number of guanidine groups is 1. The van der Waals surface area contributed by atoms with Crippen molar-refractivity contribution in [2.45, 2.75) is 83.7 Å². The second-order valence-electron chi connectivity index (χ2n) is 8.24. The number of aliphatic imine (C=N–C) groups is 1. The lowest BCUT2D eigenvalue weighted by atomic mass is 9.84. The van der Waals surface area contributed by atoms with E-state index in [1.165, 1.54) is 51.4 Å². The Morgan fingerprint density at radius 1 is 1.15 bits per heavy atom. The SMILES string of the molecule is CC1CC(C)(C)CC12CN=C(N)N2C1CCCCCC1. The molecule has 0 aromatic heterocycles. The quantitative estimate of drug-likeness (QED) is 0.745. The van der Waals surface area contributed by atoms with Gasteiger partial charge >= 0.3 is 0 Å². The average Bonchev–Trinajstić information content (AvgIpc) is 2.69. The summed E-state index contributed by atoms with van der Waals surface area (Å²) in [7, 11) is 0. The van der Waals surface area contributed by atoms with Crippen LogP contribution in [0.15, 0.2) is 4.99 Å². The summed E-state index contributed by atoms with van der Waals surface area (Å²) >= 11 is 0. The molecule has 2 unspecified atom stereocenters. The van der Waals surface area contributed by atoms with Crippen molar-refractivity contribution in [1.29, 1.82) is 0 Å². The second-order valence-corrected chi connectivity index (χ2v) is 8.24. The summed E-state index contributed by atoms with van der Waals surface area (Å²) < 4.78 is 0. The molecule has 2 aliphatic carbocycles. The maximum Gasteiger partial charge on any atom is 0.192 e. The molecule has 3 aliphatic rings. The molecule has 114 valence electrons. The van der Waals surface area contributed by atoms with Gasteiger partial charge in [0.1, 0.15) is 0 Å². The van der Waals surface area contributed by atoms with Crippen LogP contribution >= 0.6 is 0 Å². The van der Waals surface area contributed by atoms with Crippen LogP contribution in [0.1, 0.15) is 72.1 Å². The summed E-state index contributed by atoms with van der Waals surface area (Å²) in [6.45, 7) is 8.18. The van der Waals surface area contributed by atoms with Gasteiger partial charge in [-0.05, 0) is 37.0 Å². The van der Waals surface area contributed by atoms with E-state index >= 15 is 0 Å². The molecule has 0 radical (unpaired) electrons. The molecule has 2 saturated carbocycles. The predicted molar refractivity (Wildman–Crippen MR) is 84.7 cm³/mol. The monoisotopic (exact) mass is 277 g/mol. The van der Waals surface area contributed by atoms with E-state index in [1.54, 1.807) is 0 Å². The van der Waals surface area contributed by atoms with Gasteiger partial charge in [-0.15, -0.1) is 0 Å².